The van der Waals surface area contributed by atoms with Crippen LogP contribution in [-0.4, -0.2) is 58.5 Å². The van der Waals surface area contributed by atoms with Gasteiger partial charge in [0.2, 0.25) is 5.82 Å². The van der Waals surface area contributed by atoms with Gasteiger partial charge in [-0.1, -0.05) is 6.92 Å². The molecule has 0 radical (unpaired) electrons. The Balaban J connectivity index is 1.68. The van der Waals surface area contributed by atoms with Crippen molar-refractivity contribution in [3.05, 3.63) is 17.8 Å². The van der Waals surface area contributed by atoms with Crippen molar-refractivity contribution in [1.82, 2.24) is 14.9 Å². The summed E-state index contributed by atoms with van der Waals surface area (Å²) in [6.45, 7) is 8.56. The molecule has 0 spiro atoms. The number of likely N-dealkylation sites (tertiary alicyclic amines) is 1. The number of ether oxygens (including phenoxy) is 3. The Morgan fingerprint density at radius 1 is 1.40 bits per heavy atom. The molecule has 2 aliphatic rings. The molecule has 8 heteroatoms. The highest BCUT2D eigenvalue weighted by Crippen LogP contribution is 2.32. The summed E-state index contributed by atoms with van der Waals surface area (Å²) in [7, 11) is 0. The molecule has 1 aromatic heterocycles. The van der Waals surface area contributed by atoms with Crippen LogP contribution in [-0.2, 0) is 15.9 Å². The highest BCUT2D eigenvalue weighted by Gasteiger charge is 2.47. The van der Waals surface area contributed by atoms with E-state index in [1.165, 1.54) is 6.33 Å². The molecule has 25 heavy (non-hydrogen) atoms. The van der Waals surface area contributed by atoms with Gasteiger partial charge in [0.15, 0.2) is 0 Å². The van der Waals surface area contributed by atoms with E-state index in [0.29, 0.717) is 31.8 Å². The summed E-state index contributed by atoms with van der Waals surface area (Å²) in [6, 6.07) is 0. The Morgan fingerprint density at radius 2 is 2.16 bits per heavy atom. The molecule has 0 N–H and O–H groups in total. The van der Waals surface area contributed by atoms with Crippen LogP contribution in [0, 0.1) is 11.7 Å². The van der Waals surface area contributed by atoms with Crippen molar-refractivity contribution in [1.29, 1.82) is 0 Å². The number of nitrogens with zero attached hydrogens (tertiary/aromatic N) is 3. The lowest BCUT2D eigenvalue weighted by atomic mass is 9.96. The number of carbonyl (C=O) groups excluding carboxylic acids is 1. The predicted octanol–water partition coefficient (Wildman–Crippen LogP) is 2.19. The van der Waals surface area contributed by atoms with Gasteiger partial charge in [0.1, 0.15) is 24.1 Å². The summed E-state index contributed by atoms with van der Waals surface area (Å²) in [5, 5.41) is 0. The van der Waals surface area contributed by atoms with E-state index in [1.807, 2.05) is 27.7 Å². The molecule has 7 nitrogen and oxygen atoms in total. The van der Waals surface area contributed by atoms with E-state index in [0.717, 1.165) is 0 Å². The third-order valence-electron chi connectivity index (χ3n) is 4.27. The van der Waals surface area contributed by atoms with E-state index in [4.69, 9.17) is 14.2 Å². The van der Waals surface area contributed by atoms with Gasteiger partial charge >= 0.3 is 6.09 Å². The van der Waals surface area contributed by atoms with Crippen molar-refractivity contribution in [2.24, 2.45) is 5.92 Å². The first-order valence-electron chi connectivity index (χ1n) is 8.54. The Labute approximate surface area is 146 Å². The fourth-order valence-electron chi connectivity index (χ4n) is 3.12. The minimum absolute atomic E-state index is 0.0503. The molecule has 2 fully saturated rings. The lowest BCUT2D eigenvalue weighted by molar-refractivity contribution is -0.0196. The maximum absolute atomic E-state index is 14.3. The minimum Gasteiger partial charge on any atom is -0.469 e. The summed E-state index contributed by atoms with van der Waals surface area (Å²) in [5.41, 5.74) is -0.227. The monoisotopic (exact) mass is 353 g/mol. The summed E-state index contributed by atoms with van der Waals surface area (Å²) >= 11 is 0. The molecule has 0 saturated carbocycles. The van der Waals surface area contributed by atoms with E-state index in [9.17, 15) is 9.18 Å². The van der Waals surface area contributed by atoms with Crippen LogP contribution in [0.2, 0.25) is 0 Å². The normalized spacial score (nSPS) is 25.8. The van der Waals surface area contributed by atoms with Crippen LogP contribution < -0.4 is 4.74 Å². The van der Waals surface area contributed by atoms with Crippen LogP contribution in [0.1, 0.15) is 33.4 Å². The third kappa shape index (κ3) is 3.84. The Hall–Kier alpha value is -1.96. The average Bonchev–Trinajstić information content (AvgIpc) is 2.77. The molecule has 1 aromatic rings. The molecule has 3 heterocycles. The first kappa shape index (κ1) is 17.8. The molecule has 2 saturated heterocycles. The molecule has 0 aliphatic carbocycles. The van der Waals surface area contributed by atoms with Crippen LogP contribution in [0.25, 0.3) is 0 Å². The Morgan fingerprint density at radius 3 is 2.80 bits per heavy atom. The maximum Gasteiger partial charge on any atom is 0.410 e. The minimum atomic E-state index is -0.551. The van der Waals surface area contributed by atoms with Gasteiger partial charge in [-0.2, -0.15) is 9.37 Å². The summed E-state index contributed by atoms with van der Waals surface area (Å²) in [5.74, 6) is -0.632. The number of hydrogen-bond donors (Lipinski definition) is 0. The number of amides is 1. The summed E-state index contributed by atoms with van der Waals surface area (Å²) < 4.78 is 31.3. The molecule has 2 aliphatic heterocycles. The van der Waals surface area contributed by atoms with E-state index in [-0.39, 0.29) is 30.1 Å². The molecule has 3 atom stereocenters. The number of piperidine rings is 1. The van der Waals surface area contributed by atoms with Crippen LogP contribution in [0.3, 0.4) is 0 Å². The second kappa shape index (κ2) is 6.74. The van der Waals surface area contributed by atoms with Gasteiger partial charge in [-0.25, -0.2) is 9.78 Å². The van der Waals surface area contributed by atoms with E-state index >= 15 is 0 Å². The number of aryl methyl sites for hydroxylation is 1. The number of fused-ring (bicyclic) bond motifs is 2. The number of carbonyl (C=O) groups is 1. The first-order chi connectivity index (χ1) is 11.8. The van der Waals surface area contributed by atoms with E-state index in [2.05, 4.69) is 9.97 Å². The fourth-order valence-corrected chi connectivity index (χ4v) is 3.12. The van der Waals surface area contributed by atoms with Gasteiger partial charge in [-0.3, -0.25) is 0 Å². The van der Waals surface area contributed by atoms with Crippen molar-refractivity contribution in [2.45, 2.75) is 51.9 Å². The second-order valence-electron chi connectivity index (χ2n) is 7.39. The number of rotatable bonds is 3. The van der Waals surface area contributed by atoms with Crippen molar-refractivity contribution in [3.63, 3.8) is 0 Å². The molecule has 3 rings (SSSR count). The predicted molar refractivity (Wildman–Crippen MR) is 86.8 cm³/mol. The van der Waals surface area contributed by atoms with E-state index in [1.54, 1.807) is 4.90 Å². The molecule has 2 bridgehead atoms. The van der Waals surface area contributed by atoms with Gasteiger partial charge in [-0.05, 0) is 27.2 Å². The number of aromatic nitrogens is 2. The fraction of sp³-hybridized carbons (Fsp3) is 0.706. The second-order valence-corrected chi connectivity index (χ2v) is 7.39. The highest BCUT2D eigenvalue weighted by molar-refractivity contribution is 5.68. The van der Waals surface area contributed by atoms with Crippen LogP contribution in [0.4, 0.5) is 9.18 Å². The zero-order valence-electron chi connectivity index (χ0n) is 15.0. The summed E-state index contributed by atoms with van der Waals surface area (Å²) in [6.07, 6.45) is 0.729. The largest absolute Gasteiger partial charge is 0.469 e. The van der Waals surface area contributed by atoms with Gasteiger partial charge in [0.25, 0.3) is 5.88 Å². The van der Waals surface area contributed by atoms with Crippen molar-refractivity contribution in [3.8, 4) is 5.88 Å². The maximum atomic E-state index is 14.3. The molecular weight excluding hydrogens is 329 g/mol. The molecular formula is C17H24FN3O4. The zero-order valence-corrected chi connectivity index (χ0v) is 15.0. The molecule has 1 amide bonds. The smallest absolute Gasteiger partial charge is 0.410 e. The van der Waals surface area contributed by atoms with Crippen LogP contribution >= 0.6 is 0 Å². The topological polar surface area (TPSA) is 73.8 Å². The number of hydrogen-bond acceptors (Lipinski definition) is 6. The van der Waals surface area contributed by atoms with Gasteiger partial charge < -0.3 is 19.1 Å². The SMILES string of the molecule is CCc1ncnc(O[C@H]2C3COC2CN(C(=O)OC(C)(C)C)C3)c1F. The van der Waals surface area contributed by atoms with Crippen molar-refractivity contribution >= 4 is 6.09 Å². The van der Waals surface area contributed by atoms with Gasteiger partial charge in [0.05, 0.1) is 18.8 Å². The Bertz CT molecular complexity index is 635. The van der Waals surface area contributed by atoms with Crippen molar-refractivity contribution < 1.29 is 23.4 Å². The van der Waals surface area contributed by atoms with Crippen LogP contribution in [0.5, 0.6) is 5.88 Å². The van der Waals surface area contributed by atoms with Gasteiger partial charge in [-0.15, -0.1) is 0 Å². The summed E-state index contributed by atoms with van der Waals surface area (Å²) in [4.78, 5) is 21.7. The molecule has 138 valence electrons. The Kier molecular flexibility index (Phi) is 4.81. The molecule has 0 aromatic carbocycles. The average molecular weight is 353 g/mol. The van der Waals surface area contributed by atoms with E-state index < -0.39 is 11.4 Å². The van der Waals surface area contributed by atoms with Gasteiger partial charge in [0, 0.05) is 12.5 Å². The van der Waals surface area contributed by atoms with Crippen LogP contribution in [0.15, 0.2) is 6.33 Å². The molecule has 2 unspecified atom stereocenters. The van der Waals surface area contributed by atoms with Crippen molar-refractivity contribution in [2.75, 3.05) is 19.7 Å². The zero-order chi connectivity index (χ0) is 18.2. The number of halogens is 1. The standard InChI is InChI=1S/C17H24FN3O4/c1-5-11-13(18)15(20-9-19-11)24-14-10-6-21(7-12(14)23-8-10)16(22)25-17(2,3)4/h9-10,12,14H,5-8H2,1-4H3/t10?,12?,14-/m0/s1. The lowest BCUT2D eigenvalue weighted by Gasteiger charge is -2.36. The highest BCUT2D eigenvalue weighted by atomic mass is 19.1. The third-order valence-corrected chi connectivity index (χ3v) is 4.27. The lowest BCUT2D eigenvalue weighted by Crippen LogP contribution is -2.53. The quantitative estimate of drug-likeness (QED) is 0.829. The first-order valence-corrected chi connectivity index (χ1v) is 8.54.